The molecule has 1 heterocycles. The van der Waals surface area contributed by atoms with Crippen molar-refractivity contribution in [1.29, 1.82) is 0 Å². The maximum absolute atomic E-state index is 12.7. The highest BCUT2D eigenvalue weighted by Gasteiger charge is 2.15. The SMILES string of the molecule is COc1ccc(OC)c(C(=O)CSc2nc(C)nc3ccccc23)c1. The molecule has 0 aliphatic rings. The number of hydrogen-bond acceptors (Lipinski definition) is 6. The summed E-state index contributed by atoms with van der Waals surface area (Å²) in [5.41, 5.74) is 1.38. The van der Waals surface area contributed by atoms with Gasteiger partial charge in [-0.1, -0.05) is 30.0 Å². The summed E-state index contributed by atoms with van der Waals surface area (Å²) < 4.78 is 10.5. The van der Waals surface area contributed by atoms with Crippen LogP contribution in [0.25, 0.3) is 10.9 Å². The molecule has 3 rings (SSSR count). The molecule has 5 nitrogen and oxygen atoms in total. The molecule has 3 aromatic rings. The first-order chi connectivity index (χ1) is 12.1. The largest absolute Gasteiger partial charge is 0.497 e. The van der Waals surface area contributed by atoms with Crippen LogP contribution in [0.1, 0.15) is 16.2 Å². The number of thioether (sulfide) groups is 1. The lowest BCUT2D eigenvalue weighted by Gasteiger charge is -2.10. The van der Waals surface area contributed by atoms with Crippen LogP contribution in [0.2, 0.25) is 0 Å². The van der Waals surface area contributed by atoms with Gasteiger partial charge in [0.15, 0.2) is 5.78 Å². The zero-order valence-corrected chi connectivity index (χ0v) is 15.1. The van der Waals surface area contributed by atoms with Crippen molar-refractivity contribution in [2.45, 2.75) is 11.9 Å². The number of ether oxygens (including phenoxy) is 2. The first-order valence-corrected chi connectivity index (χ1v) is 8.72. The fraction of sp³-hybridized carbons (Fsp3) is 0.211. The number of hydrogen-bond donors (Lipinski definition) is 0. The van der Waals surface area contributed by atoms with Crippen molar-refractivity contribution in [2.24, 2.45) is 0 Å². The standard InChI is InChI=1S/C19H18N2O3S/c1-12-20-16-7-5-4-6-14(16)19(21-12)25-11-17(22)15-10-13(23-2)8-9-18(15)24-3/h4-10H,11H2,1-3H3. The molecular formula is C19H18N2O3S. The topological polar surface area (TPSA) is 61.3 Å². The van der Waals surface area contributed by atoms with E-state index in [0.717, 1.165) is 15.9 Å². The van der Waals surface area contributed by atoms with Crippen molar-refractivity contribution in [1.82, 2.24) is 9.97 Å². The summed E-state index contributed by atoms with van der Waals surface area (Å²) in [5.74, 6) is 2.06. The summed E-state index contributed by atoms with van der Waals surface area (Å²) in [6.07, 6.45) is 0. The molecule has 0 radical (unpaired) electrons. The van der Waals surface area contributed by atoms with E-state index in [2.05, 4.69) is 9.97 Å². The number of aromatic nitrogens is 2. The zero-order valence-electron chi connectivity index (χ0n) is 14.3. The van der Waals surface area contributed by atoms with E-state index in [1.165, 1.54) is 11.8 Å². The highest BCUT2D eigenvalue weighted by atomic mass is 32.2. The number of rotatable bonds is 6. The van der Waals surface area contributed by atoms with Crippen LogP contribution in [-0.2, 0) is 0 Å². The Morgan fingerprint density at radius 1 is 1.08 bits per heavy atom. The lowest BCUT2D eigenvalue weighted by atomic mass is 10.1. The van der Waals surface area contributed by atoms with Crippen LogP contribution in [0.4, 0.5) is 0 Å². The van der Waals surface area contributed by atoms with Crippen LogP contribution >= 0.6 is 11.8 Å². The lowest BCUT2D eigenvalue weighted by Crippen LogP contribution is -2.06. The highest BCUT2D eigenvalue weighted by molar-refractivity contribution is 8.00. The normalized spacial score (nSPS) is 10.7. The number of benzene rings is 2. The number of Topliss-reactive ketones (excluding diaryl/α,β-unsaturated/α-hetero) is 1. The maximum atomic E-state index is 12.7. The van der Waals surface area contributed by atoms with Crippen LogP contribution in [0.3, 0.4) is 0 Å². The van der Waals surface area contributed by atoms with Gasteiger partial charge in [-0.15, -0.1) is 0 Å². The van der Waals surface area contributed by atoms with Crippen molar-refractivity contribution in [2.75, 3.05) is 20.0 Å². The fourth-order valence-electron chi connectivity index (χ4n) is 2.51. The molecule has 0 N–H and O–H groups in total. The molecule has 0 amide bonds. The number of aryl methyl sites for hydroxylation is 1. The molecule has 0 aliphatic heterocycles. The molecule has 1 aromatic heterocycles. The Bertz CT molecular complexity index is 928. The van der Waals surface area contributed by atoms with Gasteiger partial charge in [-0.2, -0.15) is 0 Å². The second kappa shape index (κ2) is 7.53. The number of para-hydroxylation sites is 1. The Morgan fingerprint density at radius 3 is 2.64 bits per heavy atom. The van der Waals surface area contributed by atoms with Gasteiger partial charge in [0.2, 0.25) is 0 Å². The van der Waals surface area contributed by atoms with E-state index < -0.39 is 0 Å². The van der Waals surface area contributed by atoms with E-state index in [1.54, 1.807) is 32.4 Å². The molecule has 2 aromatic carbocycles. The molecule has 128 valence electrons. The van der Waals surface area contributed by atoms with E-state index in [4.69, 9.17) is 9.47 Å². The lowest BCUT2D eigenvalue weighted by molar-refractivity contribution is 0.101. The maximum Gasteiger partial charge on any atom is 0.176 e. The molecule has 0 aliphatic carbocycles. The zero-order chi connectivity index (χ0) is 17.8. The van der Waals surface area contributed by atoms with Gasteiger partial charge in [0.25, 0.3) is 0 Å². The summed E-state index contributed by atoms with van der Waals surface area (Å²) in [6.45, 7) is 1.85. The average Bonchev–Trinajstić information content (AvgIpc) is 2.65. The molecule has 0 unspecified atom stereocenters. The van der Waals surface area contributed by atoms with E-state index >= 15 is 0 Å². The average molecular weight is 354 g/mol. The second-order valence-electron chi connectivity index (χ2n) is 5.37. The van der Waals surface area contributed by atoms with Gasteiger partial charge in [0.1, 0.15) is 22.3 Å². The van der Waals surface area contributed by atoms with Crippen molar-refractivity contribution >= 4 is 28.4 Å². The van der Waals surface area contributed by atoms with Crippen molar-refractivity contribution in [3.63, 3.8) is 0 Å². The number of carbonyl (C=O) groups excluding carboxylic acids is 1. The van der Waals surface area contributed by atoms with E-state index in [-0.39, 0.29) is 11.5 Å². The molecule has 0 atom stereocenters. The Kier molecular flexibility index (Phi) is 5.19. The van der Waals surface area contributed by atoms with Crippen molar-refractivity contribution < 1.29 is 14.3 Å². The third-order valence-electron chi connectivity index (χ3n) is 3.73. The third kappa shape index (κ3) is 3.74. The third-order valence-corrected chi connectivity index (χ3v) is 4.72. The number of nitrogens with zero attached hydrogens (tertiary/aromatic N) is 2. The van der Waals surface area contributed by atoms with Gasteiger partial charge < -0.3 is 9.47 Å². The highest BCUT2D eigenvalue weighted by Crippen LogP contribution is 2.29. The monoisotopic (exact) mass is 354 g/mol. The molecule has 0 spiro atoms. The van der Waals surface area contributed by atoms with Crippen LogP contribution in [-0.4, -0.2) is 35.7 Å². The van der Waals surface area contributed by atoms with Crippen molar-refractivity contribution in [3.8, 4) is 11.5 Å². The van der Waals surface area contributed by atoms with Crippen LogP contribution in [0.15, 0.2) is 47.5 Å². The Labute approximate surface area is 150 Å². The first-order valence-electron chi connectivity index (χ1n) is 7.74. The van der Waals surface area contributed by atoms with E-state index in [1.807, 2.05) is 31.2 Å². The minimum Gasteiger partial charge on any atom is -0.497 e. The van der Waals surface area contributed by atoms with Crippen LogP contribution in [0, 0.1) is 6.92 Å². The molecule has 0 fully saturated rings. The van der Waals surface area contributed by atoms with Gasteiger partial charge in [0, 0.05) is 5.39 Å². The first kappa shape index (κ1) is 17.2. The Balaban J connectivity index is 1.86. The summed E-state index contributed by atoms with van der Waals surface area (Å²) >= 11 is 1.40. The number of methoxy groups -OCH3 is 2. The molecule has 25 heavy (non-hydrogen) atoms. The molecule has 6 heteroatoms. The van der Waals surface area contributed by atoms with Gasteiger partial charge >= 0.3 is 0 Å². The summed E-state index contributed by atoms with van der Waals surface area (Å²) in [7, 11) is 3.12. The minimum absolute atomic E-state index is 0.0407. The number of carbonyl (C=O) groups is 1. The molecule has 0 bridgehead atoms. The Hall–Kier alpha value is -2.60. The fourth-order valence-corrected chi connectivity index (χ4v) is 3.46. The Morgan fingerprint density at radius 2 is 1.88 bits per heavy atom. The van der Waals surface area contributed by atoms with Crippen LogP contribution < -0.4 is 9.47 Å². The summed E-state index contributed by atoms with van der Waals surface area (Å²) in [5, 5.41) is 1.75. The molecular weight excluding hydrogens is 336 g/mol. The smallest absolute Gasteiger partial charge is 0.176 e. The van der Waals surface area contributed by atoms with Gasteiger partial charge in [0.05, 0.1) is 31.1 Å². The number of fused-ring (bicyclic) bond motifs is 1. The van der Waals surface area contributed by atoms with Gasteiger partial charge in [-0.05, 0) is 31.2 Å². The van der Waals surface area contributed by atoms with Crippen LogP contribution in [0.5, 0.6) is 11.5 Å². The summed E-state index contributed by atoms with van der Waals surface area (Å²) in [4.78, 5) is 21.6. The predicted octanol–water partition coefficient (Wildman–Crippen LogP) is 3.93. The number of ketones is 1. The predicted molar refractivity (Wildman–Crippen MR) is 98.9 cm³/mol. The van der Waals surface area contributed by atoms with Crippen molar-refractivity contribution in [3.05, 3.63) is 53.9 Å². The molecule has 0 saturated heterocycles. The minimum atomic E-state index is -0.0407. The molecule has 0 saturated carbocycles. The summed E-state index contributed by atoms with van der Waals surface area (Å²) in [6, 6.07) is 13.0. The second-order valence-corrected chi connectivity index (χ2v) is 6.34. The van der Waals surface area contributed by atoms with E-state index in [0.29, 0.717) is 22.9 Å². The van der Waals surface area contributed by atoms with E-state index in [9.17, 15) is 4.79 Å². The van der Waals surface area contributed by atoms with Gasteiger partial charge in [-0.3, -0.25) is 4.79 Å². The quantitative estimate of drug-likeness (QED) is 0.380. The van der Waals surface area contributed by atoms with Gasteiger partial charge in [-0.25, -0.2) is 9.97 Å².